The van der Waals surface area contributed by atoms with E-state index >= 15 is 0 Å². The molecule has 0 aliphatic carbocycles. The standard InChI is InChI=1S/C16H32O/c1-13(2)8-6-9-15(5)10-7-11-16(17)12-14(3)4/h13-15H,6-12H2,1-5H3. The van der Waals surface area contributed by atoms with E-state index in [1.165, 1.54) is 25.7 Å². The maximum absolute atomic E-state index is 11.5. The average Bonchev–Trinajstić information content (AvgIpc) is 2.15. The summed E-state index contributed by atoms with van der Waals surface area (Å²) < 4.78 is 0. The van der Waals surface area contributed by atoms with Crippen LogP contribution in [0.3, 0.4) is 0 Å². The van der Waals surface area contributed by atoms with E-state index < -0.39 is 0 Å². The average molecular weight is 240 g/mol. The summed E-state index contributed by atoms with van der Waals surface area (Å²) >= 11 is 0. The number of rotatable bonds is 10. The third kappa shape index (κ3) is 11.9. The Hall–Kier alpha value is -0.330. The molecule has 0 aliphatic rings. The molecule has 1 nitrogen and oxygen atoms in total. The number of hydrogen-bond donors (Lipinski definition) is 0. The maximum Gasteiger partial charge on any atom is 0.133 e. The molecule has 1 unspecified atom stereocenters. The summed E-state index contributed by atoms with van der Waals surface area (Å²) in [4.78, 5) is 11.5. The number of hydrogen-bond acceptors (Lipinski definition) is 1. The van der Waals surface area contributed by atoms with E-state index in [1.807, 2.05) is 0 Å². The summed E-state index contributed by atoms with van der Waals surface area (Å²) in [7, 11) is 0. The first-order valence-corrected chi connectivity index (χ1v) is 7.43. The van der Waals surface area contributed by atoms with Crippen LogP contribution in [0.1, 0.15) is 79.6 Å². The van der Waals surface area contributed by atoms with Crippen LogP contribution in [0, 0.1) is 17.8 Å². The fraction of sp³-hybridized carbons (Fsp3) is 0.938. The first-order chi connectivity index (χ1) is 7.91. The van der Waals surface area contributed by atoms with Gasteiger partial charge in [0.2, 0.25) is 0 Å². The molecule has 0 bridgehead atoms. The predicted molar refractivity (Wildman–Crippen MR) is 76.2 cm³/mol. The lowest BCUT2D eigenvalue weighted by atomic mass is 9.94. The van der Waals surface area contributed by atoms with E-state index in [1.54, 1.807) is 0 Å². The van der Waals surface area contributed by atoms with E-state index in [-0.39, 0.29) is 0 Å². The van der Waals surface area contributed by atoms with Gasteiger partial charge in [-0.15, -0.1) is 0 Å². The van der Waals surface area contributed by atoms with Gasteiger partial charge in [0.25, 0.3) is 0 Å². The zero-order valence-electron chi connectivity index (χ0n) is 12.6. The van der Waals surface area contributed by atoms with Crippen molar-refractivity contribution < 1.29 is 4.79 Å². The molecule has 0 radical (unpaired) electrons. The molecule has 0 saturated heterocycles. The molecular formula is C16H32O. The van der Waals surface area contributed by atoms with Crippen molar-refractivity contribution in [3.05, 3.63) is 0 Å². The van der Waals surface area contributed by atoms with E-state index in [0.717, 1.165) is 31.1 Å². The maximum atomic E-state index is 11.5. The van der Waals surface area contributed by atoms with Crippen LogP contribution in [0.25, 0.3) is 0 Å². The van der Waals surface area contributed by atoms with Gasteiger partial charge in [-0.25, -0.2) is 0 Å². The van der Waals surface area contributed by atoms with Crippen LogP contribution in [0.2, 0.25) is 0 Å². The Bertz CT molecular complexity index is 194. The minimum Gasteiger partial charge on any atom is -0.300 e. The first-order valence-electron chi connectivity index (χ1n) is 7.43. The van der Waals surface area contributed by atoms with Crippen molar-refractivity contribution in [1.29, 1.82) is 0 Å². The molecule has 0 N–H and O–H groups in total. The van der Waals surface area contributed by atoms with Gasteiger partial charge in [-0.05, 0) is 24.2 Å². The SMILES string of the molecule is CC(C)CCCC(C)CCCC(=O)CC(C)C. The van der Waals surface area contributed by atoms with Gasteiger partial charge in [0, 0.05) is 12.8 Å². The third-order valence-electron chi connectivity index (χ3n) is 3.27. The second-order valence-electron chi connectivity index (χ2n) is 6.46. The molecular weight excluding hydrogens is 208 g/mol. The van der Waals surface area contributed by atoms with Gasteiger partial charge >= 0.3 is 0 Å². The van der Waals surface area contributed by atoms with Gasteiger partial charge in [-0.3, -0.25) is 4.79 Å². The van der Waals surface area contributed by atoms with Crippen molar-refractivity contribution in [3.8, 4) is 0 Å². The summed E-state index contributed by atoms with van der Waals surface area (Å²) in [5, 5.41) is 0. The zero-order chi connectivity index (χ0) is 13.3. The smallest absolute Gasteiger partial charge is 0.133 e. The van der Waals surface area contributed by atoms with Crippen LogP contribution in [0.15, 0.2) is 0 Å². The highest BCUT2D eigenvalue weighted by molar-refractivity contribution is 5.78. The number of carbonyl (C=O) groups excluding carboxylic acids is 1. The number of Topliss-reactive ketones (excluding diaryl/α,β-unsaturated/α-hetero) is 1. The highest BCUT2D eigenvalue weighted by Crippen LogP contribution is 2.18. The number of carbonyl (C=O) groups is 1. The van der Waals surface area contributed by atoms with Crippen molar-refractivity contribution in [2.45, 2.75) is 79.6 Å². The van der Waals surface area contributed by atoms with Crippen LogP contribution in [0.5, 0.6) is 0 Å². The molecule has 0 saturated carbocycles. The van der Waals surface area contributed by atoms with Crippen LogP contribution in [-0.4, -0.2) is 5.78 Å². The van der Waals surface area contributed by atoms with E-state index in [4.69, 9.17) is 0 Å². The second-order valence-corrected chi connectivity index (χ2v) is 6.46. The van der Waals surface area contributed by atoms with Crippen molar-refractivity contribution in [1.82, 2.24) is 0 Å². The summed E-state index contributed by atoms with van der Waals surface area (Å²) in [6.07, 6.45) is 7.90. The van der Waals surface area contributed by atoms with E-state index in [9.17, 15) is 4.79 Å². The molecule has 0 amide bonds. The Balaban J connectivity index is 3.44. The third-order valence-corrected chi connectivity index (χ3v) is 3.27. The molecule has 17 heavy (non-hydrogen) atoms. The lowest BCUT2D eigenvalue weighted by molar-refractivity contribution is -0.119. The quantitative estimate of drug-likeness (QED) is 0.510. The fourth-order valence-electron chi connectivity index (χ4n) is 2.22. The summed E-state index contributed by atoms with van der Waals surface area (Å²) in [6.45, 7) is 11.1. The van der Waals surface area contributed by atoms with Crippen LogP contribution >= 0.6 is 0 Å². The molecule has 1 heteroatoms. The Kier molecular flexibility index (Phi) is 9.49. The summed E-state index contributed by atoms with van der Waals surface area (Å²) in [5.74, 6) is 2.59. The Labute approximate surface area is 108 Å². The molecule has 0 rings (SSSR count). The van der Waals surface area contributed by atoms with Crippen molar-refractivity contribution in [2.75, 3.05) is 0 Å². The lowest BCUT2D eigenvalue weighted by Gasteiger charge is -2.12. The van der Waals surface area contributed by atoms with Crippen LogP contribution < -0.4 is 0 Å². The van der Waals surface area contributed by atoms with Crippen molar-refractivity contribution in [3.63, 3.8) is 0 Å². The van der Waals surface area contributed by atoms with Gasteiger partial charge in [0.05, 0.1) is 0 Å². The van der Waals surface area contributed by atoms with Gasteiger partial charge < -0.3 is 0 Å². The molecule has 0 aliphatic heterocycles. The predicted octanol–water partition coefficient (Wildman–Crippen LogP) is 5.23. The highest BCUT2D eigenvalue weighted by atomic mass is 16.1. The van der Waals surface area contributed by atoms with E-state index in [2.05, 4.69) is 34.6 Å². The fourth-order valence-corrected chi connectivity index (χ4v) is 2.22. The molecule has 1 atom stereocenters. The second kappa shape index (κ2) is 9.67. The molecule has 0 aromatic rings. The lowest BCUT2D eigenvalue weighted by Crippen LogP contribution is -2.04. The van der Waals surface area contributed by atoms with Crippen molar-refractivity contribution in [2.24, 2.45) is 17.8 Å². The molecule has 0 heterocycles. The van der Waals surface area contributed by atoms with Crippen LogP contribution in [-0.2, 0) is 4.79 Å². The first kappa shape index (κ1) is 16.7. The van der Waals surface area contributed by atoms with Crippen molar-refractivity contribution >= 4 is 5.78 Å². The zero-order valence-corrected chi connectivity index (χ0v) is 12.6. The van der Waals surface area contributed by atoms with Gasteiger partial charge in [0.15, 0.2) is 0 Å². The molecule has 102 valence electrons. The Morgan fingerprint density at radius 3 is 1.94 bits per heavy atom. The normalized spacial score (nSPS) is 13.4. The molecule has 0 aromatic carbocycles. The van der Waals surface area contributed by atoms with Gasteiger partial charge in [-0.1, -0.05) is 60.3 Å². The number of ketones is 1. The minimum atomic E-state index is 0.453. The summed E-state index contributed by atoms with van der Waals surface area (Å²) in [6, 6.07) is 0. The van der Waals surface area contributed by atoms with Crippen LogP contribution in [0.4, 0.5) is 0 Å². The minimum absolute atomic E-state index is 0.453. The summed E-state index contributed by atoms with van der Waals surface area (Å²) in [5.41, 5.74) is 0. The molecule has 0 fully saturated rings. The van der Waals surface area contributed by atoms with Gasteiger partial charge in [0.1, 0.15) is 5.78 Å². The largest absolute Gasteiger partial charge is 0.300 e. The molecule has 0 aromatic heterocycles. The Morgan fingerprint density at radius 2 is 1.41 bits per heavy atom. The van der Waals surface area contributed by atoms with E-state index in [0.29, 0.717) is 11.7 Å². The Morgan fingerprint density at radius 1 is 0.824 bits per heavy atom. The molecule has 0 spiro atoms. The topological polar surface area (TPSA) is 17.1 Å². The highest BCUT2D eigenvalue weighted by Gasteiger charge is 2.07. The van der Waals surface area contributed by atoms with Gasteiger partial charge in [-0.2, -0.15) is 0 Å². The monoisotopic (exact) mass is 240 g/mol.